The third kappa shape index (κ3) is 3.41. The minimum Gasteiger partial charge on any atom is -0.396 e. The number of rotatable bonds is 6. The third-order valence-electron chi connectivity index (χ3n) is 3.18. The van der Waals surface area contributed by atoms with Gasteiger partial charge in [-0.25, -0.2) is 0 Å². The number of aliphatic hydroxyl groups excluding tert-OH is 2. The molecular weight excluding hydrogens is 194 g/mol. The molecule has 0 bridgehead atoms. The number of hydrogen-bond acceptors (Lipinski definition) is 4. The lowest BCUT2D eigenvalue weighted by atomic mass is 9.87. The van der Waals surface area contributed by atoms with Crippen LogP contribution in [0.3, 0.4) is 0 Å². The van der Waals surface area contributed by atoms with E-state index in [0.29, 0.717) is 19.2 Å². The summed E-state index contributed by atoms with van der Waals surface area (Å²) in [5.74, 6) is 0. The van der Waals surface area contributed by atoms with Gasteiger partial charge in [0.1, 0.15) is 0 Å². The Labute approximate surface area is 91.8 Å². The Bertz CT molecular complexity index is 179. The molecule has 0 aliphatic carbocycles. The van der Waals surface area contributed by atoms with Crippen molar-refractivity contribution < 1.29 is 14.9 Å². The van der Waals surface area contributed by atoms with E-state index in [-0.39, 0.29) is 18.6 Å². The summed E-state index contributed by atoms with van der Waals surface area (Å²) >= 11 is 0. The first-order valence-corrected chi connectivity index (χ1v) is 5.67. The van der Waals surface area contributed by atoms with Gasteiger partial charge in [0, 0.05) is 31.2 Å². The van der Waals surface area contributed by atoms with Crippen molar-refractivity contribution in [2.24, 2.45) is 5.41 Å². The first kappa shape index (κ1) is 12.9. The highest BCUT2D eigenvalue weighted by Gasteiger charge is 2.36. The average molecular weight is 217 g/mol. The number of nitrogens with zero attached hydrogens (tertiary/aromatic N) is 1. The van der Waals surface area contributed by atoms with Crippen molar-refractivity contribution in [2.75, 3.05) is 39.5 Å². The molecule has 4 heteroatoms. The van der Waals surface area contributed by atoms with E-state index in [2.05, 4.69) is 18.7 Å². The van der Waals surface area contributed by atoms with E-state index in [1.807, 2.05) is 0 Å². The molecule has 1 heterocycles. The molecule has 0 aromatic carbocycles. The van der Waals surface area contributed by atoms with Crippen molar-refractivity contribution in [1.82, 2.24) is 4.90 Å². The molecule has 0 aromatic rings. The lowest BCUT2D eigenvalue weighted by Gasteiger charge is -2.35. The van der Waals surface area contributed by atoms with Crippen molar-refractivity contribution in [2.45, 2.75) is 26.3 Å². The van der Waals surface area contributed by atoms with Gasteiger partial charge in [0.05, 0.1) is 19.8 Å². The molecule has 1 fully saturated rings. The molecule has 15 heavy (non-hydrogen) atoms. The van der Waals surface area contributed by atoms with Crippen LogP contribution in [-0.2, 0) is 4.74 Å². The molecule has 4 nitrogen and oxygen atoms in total. The van der Waals surface area contributed by atoms with Gasteiger partial charge in [-0.3, -0.25) is 4.90 Å². The van der Waals surface area contributed by atoms with Gasteiger partial charge in [0.15, 0.2) is 0 Å². The summed E-state index contributed by atoms with van der Waals surface area (Å²) in [5.41, 5.74) is -0.112. The minimum absolute atomic E-state index is 0.112. The summed E-state index contributed by atoms with van der Waals surface area (Å²) in [6, 6.07) is 0.390. The highest BCUT2D eigenvalue weighted by atomic mass is 16.5. The molecule has 0 aromatic heterocycles. The van der Waals surface area contributed by atoms with Crippen molar-refractivity contribution in [3.05, 3.63) is 0 Å². The average Bonchev–Trinajstić information content (AvgIpc) is 2.66. The summed E-state index contributed by atoms with van der Waals surface area (Å²) in [6.45, 7) is 7.40. The maximum Gasteiger partial charge on any atom is 0.0558 e. The number of hydrogen-bond donors (Lipinski definition) is 2. The van der Waals surface area contributed by atoms with Crippen LogP contribution in [0.2, 0.25) is 0 Å². The predicted octanol–water partition coefficient (Wildman–Crippen LogP) is 0.0881. The van der Waals surface area contributed by atoms with Crippen LogP contribution in [0.25, 0.3) is 0 Å². The summed E-state index contributed by atoms with van der Waals surface area (Å²) < 4.78 is 5.36. The van der Waals surface area contributed by atoms with E-state index in [1.165, 1.54) is 0 Å². The molecule has 1 rings (SSSR count). The molecule has 1 saturated heterocycles. The Hall–Kier alpha value is -0.160. The van der Waals surface area contributed by atoms with Crippen molar-refractivity contribution in [3.63, 3.8) is 0 Å². The Morgan fingerprint density at radius 2 is 2.13 bits per heavy atom. The maximum absolute atomic E-state index is 9.45. The summed E-state index contributed by atoms with van der Waals surface area (Å²) in [6.07, 6.45) is 0.915. The molecule has 1 atom stereocenters. The number of aliphatic hydroxyl groups is 2. The topological polar surface area (TPSA) is 52.9 Å². The molecule has 90 valence electrons. The standard InChI is InChI=1S/C11H23NO3/c1-10(2)12(4-5-13)7-11(8-14)3-6-15-9-11/h10,13-14H,3-9H2,1-2H3. The van der Waals surface area contributed by atoms with Crippen LogP contribution in [-0.4, -0.2) is 60.7 Å². The fourth-order valence-electron chi connectivity index (χ4n) is 2.03. The van der Waals surface area contributed by atoms with Crippen molar-refractivity contribution >= 4 is 0 Å². The van der Waals surface area contributed by atoms with E-state index in [1.54, 1.807) is 0 Å². The molecule has 0 amide bonds. The monoisotopic (exact) mass is 217 g/mol. The molecule has 0 saturated carbocycles. The molecule has 2 N–H and O–H groups in total. The largest absolute Gasteiger partial charge is 0.396 e. The molecule has 0 spiro atoms. The Morgan fingerprint density at radius 3 is 2.53 bits per heavy atom. The van der Waals surface area contributed by atoms with E-state index in [4.69, 9.17) is 9.84 Å². The van der Waals surface area contributed by atoms with Gasteiger partial charge in [-0.15, -0.1) is 0 Å². The lowest BCUT2D eigenvalue weighted by Crippen LogP contribution is -2.45. The second-order valence-electron chi connectivity index (χ2n) is 4.75. The molecule has 1 aliphatic rings. The van der Waals surface area contributed by atoms with Crippen LogP contribution in [0.15, 0.2) is 0 Å². The first-order valence-electron chi connectivity index (χ1n) is 5.67. The van der Waals surface area contributed by atoms with Crippen molar-refractivity contribution in [1.29, 1.82) is 0 Å². The molecule has 1 aliphatic heterocycles. The SMILES string of the molecule is CC(C)N(CCO)CC1(CO)CCOC1. The predicted molar refractivity (Wildman–Crippen MR) is 58.7 cm³/mol. The van der Waals surface area contributed by atoms with Gasteiger partial charge < -0.3 is 14.9 Å². The van der Waals surface area contributed by atoms with Crippen LogP contribution < -0.4 is 0 Å². The first-order chi connectivity index (χ1) is 7.13. The van der Waals surface area contributed by atoms with Crippen LogP contribution in [0.1, 0.15) is 20.3 Å². The molecular formula is C11H23NO3. The zero-order chi connectivity index (χ0) is 11.3. The quantitative estimate of drug-likeness (QED) is 0.662. The fraction of sp³-hybridized carbons (Fsp3) is 1.00. The van der Waals surface area contributed by atoms with Crippen LogP contribution in [0.5, 0.6) is 0 Å². The van der Waals surface area contributed by atoms with Crippen LogP contribution in [0, 0.1) is 5.41 Å². The van der Waals surface area contributed by atoms with Gasteiger partial charge in [-0.2, -0.15) is 0 Å². The highest BCUT2D eigenvalue weighted by molar-refractivity contribution is 4.86. The fourth-order valence-corrected chi connectivity index (χ4v) is 2.03. The van der Waals surface area contributed by atoms with Crippen LogP contribution in [0.4, 0.5) is 0 Å². The van der Waals surface area contributed by atoms with E-state index < -0.39 is 0 Å². The Morgan fingerprint density at radius 1 is 1.40 bits per heavy atom. The zero-order valence-corrected chi connectivity index (χ0v) is 9.78. The van der Waals surface area contributed by atoms with Gasteiger partial charge in [-0.05, 0) is 20.3 Å². The molecule has 0 radical (unpaired) electrons. The van der Waals surface area contributed by atoms with Gasteiger partial charge in [0.2, 0.25) is 0 Å². The van der Waals surface area contributed by atoms with Gasteiger partial charge in [0.25, 0.3) is 0 Å². The van der Waals surface area contributed by atoms with Gasteiger partial charge >= 0.3 is 0 Å². The Kier molecular flexibility index (Phi) is 4.99. The highest BCUT2D eigenvalue weighted by Crippen LogP contribution is 2.29. The van der Waals surface area contributed by atoms with Gasteiger partial charge in [-0.1, -0.05) is 0 Å². The molecule has 1 unspecified atom stereocenters. The van der Waals surface area contributed by atoms with E-state index in [9.17, 15) is 5.11 Å². The summed E-state index contributed by atoms with van der Waals surface area (Å²) in [4.78, 5) is 2.20. The summed E-state index contributed by atoms with van der Waals surface area (Å²) in [5, 5.41) is 18.4. The summed E-state index contributed by atoms with van der Waals surface area (Å²) in [7, 11) is 0. The second kappa shape index (κ2) is 5.80. The van der Waals surface area contributed by atoms with Crippen molar-refractivity contribution in [3.8, 4) is 0 Å². The maximum atomic E-state index is 9.45. The second-order valence-corrected chi connectivity index (χ2v) is 4.75. The van der Waals surface area contributed by atoms with E-state index in [0.717, 1.165) is 19.6 Å². The smallest absolute Gasteiger partial charge is 0.0558 e. The minimum atomic E-state index is -0.112. The third-order valence-corrected chi connectivity index (χ3v) is 3.18. The number of ether oxygens (including phenoxy) is 1. The zero-order valence-electron chi connectivity index (χ0n) is 9.78. The normalized spacial score (nSPS) is 26.8. The van der Waals surface area contributed by atoms with Crippen LogP contribution >= 0.6 is 0 Å². The lowest BCUT2D eigenvalue weighted by molar-refractivity contribution is 0.0396. The van der Waals surface area contributed by atoms with E-state index >= 15 is 0 Å². The Balaban J connectivity index is 2.54.